The molecule has 0 bridgehead atoms. The van der Waals surface area contributed by atoms with Gasteiger partial charge in [0.25, 0.3) is 0 Å². The van der Waals surface area contributed by atoms with Crippen molar-refractivity contribution in [2.24, 2.45) is 0 Å². The monoisotopic (exact) mass is 237 g/mol. The van der Waals surface area contributed by atoms with Gasteiger partial charge in [0.2, 0.25) is 0 Å². The summed E-state index contributed by atoms with van der Waals surface area (Å²) in [7, 11) is 0. The van der Waals surface area contributed by atoms with Crippen molar-refractivity contribution in [1.82, 2.24) is 4.98 Å². The Balaban J connectivity index is 2.66. The molecule has 0 atom stereocenters. The molecule has 4 heteroatoms. The van der Waals surface area contributed by atoms with Crippen molar-refractivity contribution in [2.45, 2.75) is 20.3 Å². The molecular weight excluding hydrogens is 226 g/mol. The van der Waals surface area contributed by atoms with Crippen LogP contribution >= 0.6 is 11.6 Å². The maximum Gasteiger partial charge on any atom is 0.317 e. The Morgan fingerprint density at radius 1 is 1.62 bits per heavy atom. The number of esters is 1. The fourth-order valence-electron chi connectivity index (χ4n) is 1.08. The van der Waals surface area contributed by atoms with Crippen LogP contribution in [0.3, 0.4) is 0 Å². The van der Waals surface area contributed by atoms with Crippen molar-refractivity contribution >= 4 is 17.6 Å². The maximum absolute atomic E-state index is 11.0. The van der Waals surface area contributed by atoms with E-state index >= 15 is 0 Å². The molecule has 16 heavy (non-hydrogen) atoms. The second-order valence-corrected chi connectivity index (χ2v) is 3.54. The SMILES string of the molecule is CCOC(=O)CC#Cc1ncc(Cl)cc1C. The van der Waals surface area contributed by atoms with Gasteiger partial charge in [-0.3, -0.25) is 4.79 Å². The summed E-state index contributed by atoms with van der Waals surface area (Å²) < 4.78 is 4.75. The standard InChI is InChI=1S/C12H12ClNO2/c1-3-16-12(15)6-4-5-11-9(2)7-10(13)8-14-11/h7-8H,3,6H2,1-2H3. The molecule has 0 saturated heterocycles. The molecule has 84 valence electrons. The topological polar surface area (TPSA) is 39.2 Å². The first-order valence-electron chi connectivity index (χ1n) is 4.90. The first kappa shape index (κ1) is 12.5. The third kappa shape index (κ3) is 3.92. The summed E-state index contributed by atoms with van der Waals surface area (Å²) >= 11 is 5.76. The van der Waals surface area contributed by atoms with E-state index in [0.29, 0.717) is 17.3 Å². The molecule has 0 saturated carbocycles. The van der Waals surface area contributed by atoms with Crippen LogP contribution in [0.4, 0.5) is 0 Å². The number of pyridine rings is 1. The Kier molecular flexibility index (Phi) is 4.81. The Morgan fingerprint density at radius 2 is 2.38 bits per heavy atom. The van der Waals surface area contributed by atoms with Crippen molar-refractivity contribution in [3.05, 3.63) is 28.5 Å². The fourth-order valence-corrected chi connectivity index (χ4v) is 1.30. The summed E-state index contributed by atoms with van der Waals surface area (Å²) in [5.74, 6) is 5.21. The van der Waals surface area contributed by atoms with Gasteiger partial charge in [-0.1, -0.05) is 17.5 Å². The van der Waals surface area contributed by atoms with Crippen molar-refractivity contribution in [3.8, 4) is 11.8 Å². The molecule has 1 aromatic heterocycles. The average Bonchev–Trinajstić information content (AvgIpc) is 2.22. The highest BCUT2D eigenvalue weighted by Crippen LogP contribution is 2.10. The van der Waals surface area contributed by atoms with E-state index in [4.69, 9.17) is 16.3 Å². The summed E-state index contributed by atoms with van der Waals surface area (Å²) in [6.07, 6.45) is 1.61. The molecule has 0 aliphatic heterocycles. The molecule has 0 aliphatic rings. The number of rotatable bonds is 2. The van der Waals surface area contributed by atoms with Crippen LogP contribution in [0.25, 0.3) is 0 Å². The number of aryl methyl sites for hydroxylation is 1. The van der Waals surface area contributed by atoms with E-state index in [2.05, 4.69) is 16.8 Å². The van der Waals surface area contributed by atoms with Gasteiger partial charge in [0, 0.05) is 6.20 Å². The summed E-state index contributed by atoms with van der Waals surface area (Å²) in [5, 5.41) is 0.577. The van der Waals surface area contributed by atoms with Crippen molar-refractivity contribution in [2.75, 3.05) is 6.61 Å². The Morgan fingerprint density at radius 3 is 3.00 bits per heavy atom. The highest BCUT2D eigenvalue weighted by atomic mass is 35.5. The Labute approximate surface area is 99.8 Å². The smallest absolute Gasteiger partial charge is 0.317 e. The largest absolute Gasteiger partial charge is 0.465 e. The highest BCUT2D eigenvalue weighted by molar-refractivity contribution is 6.30. The van der Waals surface area contributed by atoms with Crippen LogP contribution in [0.1, 0.15) is 24.6 Å². The van der Waals surface area contributed by atoms with Crippen molar-refractivity contribution in [1.29, 1.82) is 0 Å². The molecule has 1 heterocycles. The molecule has 3 nitrogen and oxygen atoms in total. The van der Waals surface area contributed by atoms with Crippen LogP contribution in [-0.4, -0.2) is 17.6 Å². The molecule has 0 aromatic carbocycles. The van der Waals surface area contributed by atoms with Gasteiger partial charge in [-0.15, -0.1) is 0 Å². The molecule has 0 amide bonds. The second kappa shape index (κ2) is 6.14. The zero-order valence-electron chi connectivity index (χ0n) is 9.21. The third-order valence-corrected chi connectivity index (χ3v) is 2.00. The van der Waals surface area contributed by atoms with Gasteiger partial charge in [-0.05, 0) is 31.4 Å². The zero-order chi connectivity index (χ0) is 12.0. The fraction of sp³-hybridized carbons (Fsp3) is 0.333. The van der Waals surface area contributed by atoms with E-state index in [0.717, 1.165) is 5.56 Å². The second-order valence-electron chi connectivity index (χ2n) is 3.10. The van der Waals surface area contributed by atoms with Crippen LogP contribution in [0, 0.1) is 18.8 Å². The number of halogens is 1. The van der Waals surface area contributed by atoms with Gasteiger partial charge in [0.15, 0.2) is 0 Å². The van der Waals surface area contributed by atoms with Gasteiger partial charge in [0.05, 0.1) is 11.6 Å². The number of hydrogen-bond donors (Lipinski definition) is 0. The molecule has 0 radical (unpaired) electrons. The third-order valence-electron chi connectivity index (χ3n) is 1.79. The lowest BCUT2D eigenvalue weighted by Gasteiger charge is -1.97. The number of ether oxygens (including phenoxy) is 1. The predicted octanol–water partition coefficient (Wildman–Crippen LogP) is 2.35. The number of aromatic nitrogens is 1. The van der Waals surface area contributed by atoms with Gasteiger partial charge in [0.1, 0.15) is 12.1 Å². The zero-order valence-corrected chi connectivity index (χ0v) is 9.97. The molecule has 1 aromatic rings. The molecule has 0 unspecified atom stereocenters. The van der Waals surface area contributed by atoms with E-state index in [9.17, 15) is 4.79 Å². The average molecular weight is 238 g/mol. The summed E-state index contributed by atoms with van der Waals surface area (Å²) in [6.45, 7) is 4.00. The minimum absolute atomic E-state index is 0.0809. The first-order chi connectivity index (χ1) is 7.63. The number of carbonyl (C=O) groups is 1. The van der Waals surface area contributed by atoms with Gasteiger partial charge < -0.3 is 4.74 Å². The minimum Gasteiger partial charge on any atom is -0.465 e. The predicted molar refractivity (Wildman–Crippen MR) is 62.1 cm³/mol. The van der Waals surface area contributed by atoms with Crippen LogP contribution in [0.15, 0.2) is 12.3 Å². The first-order valence-corrected chi connectivity index (χ1v) is 5.28. The molecule has 1 rings (SSSR count). The Bertz CT molecular complexity index is 446. The van der Waals surface area contributed by atoms with E-state index in [1.165, 1.54) is 6.20 Å². The van der Waals surface area contributed by atoms with E-state index in [-0.39, 0.29) is 12.4 Å². The Hall–Kier alpha value is -1.53. The molecule has 0 spiro atoms. The summed E-state index contributed by atoms with van der Waals surface area (Å²) in [6, 6.07) is 1.78. The summed E-state index contributed by atoms with van der Waals surface area (Å²) in [4.78, 5) is 15.1. The quantitative estimate of drug-likeness (QED) is 0.586. The highest BCUT2D eigenvalue weighted by Gasteiger charge is 1.98. The van der Waals surface area contributed by atoms with Gasteiger partial charge >= 0.3 is 5.97 Å². The minimum atomic E-state index is -0.318. The molecule has 0 aliphatic carbocycles. The van der Waals surface area contributed by atoms with Gasteiger partial charge in [-0.25, -0.2) is 4.98 Å². The molecule has 0 N–H and O–H groups in total. The number of carbonyl (C=O) groups excluding carboxylic acids is 1. The summed E-state index contributed by atoms with van der Waals surface area (Å²) in [5.41, 5.74) is 1.53. The van der Waals surface area contributed by atoms with Crippen molar-refractivity contribution < 1.29 is 9.53 Å². The lowest BCUT2D eigenvalue weighted by atomic mass is 10.2. The van der Waals surface area contributed by atoms with Crippen LogP contribution in [-0.2, 0) is 9.53 Å². The normalized spacial score (nSPS) is 9.19. The lowest BCUT2D eigenvalue weighted by Crippen LogP contribution is -2.01. The van der Waals surface area contributed by atoms with E-state index in [1.807, 2.05) is 6.92 Å². The number of hydrogen-bond acceptors (Lipinski definition) is 3. The molecular formula is C12H12ClNO2. The van der Waals surface area contributed by atoms with E-state index < -0.39 is 0 Å². The van der Waals surface area contributed by atoms with E-state index in [1.54, 1.807) is 13.0 Å². The number of nitrogens with zero attached hydrogens (tertiary/aromatic N) is 1. The molecule has 0 fully saturated rings. The van der Waals surface area contributed by atoms with Crippen LogP contribution in [0.2, 0.25) is 5.02 Å². The maximum atomic E-state index is 11.0. The van der Waals surface area contributed by atoms with Crippen LogP contribution < -0.4 is 0 Å². The lowest BCUT2D eigenvalue weighted by molar-refractivity contribution is -0.141. The van der Waals surface area contributed by atoms with Gasteiger partial charge in [-0.2, -0.15) is 0 Å². The van der Waals surface area contributed by atoms with Crippen LogP contribution in [0.5, 0.6) is 0 Å². The van der Waals surface area contributed by atoms with Crippen molar-refractivity contribution in [3.63, 3.8) is 0 Å².